The number of nitrogens with one attached hydrogen (secondary N) is 1. The van der Waals surface area contributed by atoms with Gasteiger partial charge in [0.2, 0.25) is 11.8 Å². The second kappa shape index (κ2) is 9.51. The summed E-state index contributed by atoms with van der Waals surface area (Å²) in [7, 11) is 0. The van der Waals surface area contributed by atoms with Crippen LogP contribution in [0.1, 0.15) is 40.7 Å². The summed E-state index contributed by atoms with van der Waals surface area (Å²) in [6, 6.07) is 9.44. The summed E-state index contributed by atoms with van der Waals surface area (Å²) in [4.78, 5) is 45.3. The standard InChI is InChI=1S/C25H30N4O3/c1-17-3-4-22(13-18(17)2)29-16-21(14-23(29)30)24(31)27-15-19-7-11-28(12-8-19)25(32)20-5-9-26-10-6-20/h3-6,9-10,13,19,21H,7-8,11-12,14-16H2,1-2H3,(H,27,31)/t21-/m1/s1. The average Bonchev–Trinajstić information content (AvgIpc) is 3.21. The number of benzene rings is 1. The molecule has 0 aliphatic carbocycles. The van der Waals surface area contributed by atoms with E-state index in [2.05, 4.69) is 10.3 Å². The molecule has 0 unspecified atom stereocenters. The van der Waals surface area contributed by atoms with Crippen molar-refractivity contribution >= 4 is 23.4 Å². The summed E-state index contributed by atoms with van der Waals surface area (Å²) in [5.41, 5.74) is 3.84. The Morgan fingerprint density at radius 1 is 1.06 bits per heavy atom. The number of carbonyl (C=O) groups is 3. The lowest BCUT2D eigenvalue weighted by molar-refractivity contribution is -0.126. The third kappa shape index (κ3) is 4.82. The fraction of sp³-hybridized carbons (Fsp3) is 0.440. The van der Waals surface area contributed by atoms with E-state index in [1.807, 2.05) is 36.9 Å². The van der Waals surface area contributed by atoms with E-state index in [0.717, 1.165) is 24.1 Å². The molecule has 2 fully saturated rings. The lowest BCUT2D eigenvalue weighted by Gasteiger charge is -2.32. The molecule has 0 saturated carbocycles. The Bertz CT molecular complexity index is 1000. The minimum atomic E-state index is -0.322. The van der Waals surface area contributed by atoms with E-state index in [1.54, 1.807) is 29.4 Å². The summed E-state index contributed by atoms with van der Waals surface area (Å²) < 4.78 is 0. The largest absolute Gasteiger partial charge is 0.356 e. The third-order valence-corrected chi connectivity index (χ3v) is 6.69. The fourth-order valence-corrected chi connectivity index (χ4v) is 4.43. The van der Waals surface area contributed by atoms with Crippen molar-refractivity contribution in [2.45, 2.75) is 33.1 Å². The van der Waals surface area contributed by atoms with E-state index in [1.165, 1.54) is 5.56 Å². The number of nitrogens with zero attached hydrogens (tertiary/aromatic N) is 3. The maximum Gasteiger partial charge on any atom is 0.253 e. The van der Waals surface area contributed by atoms with Crippen molar-refractivity contribution in [3.8, 4) is 0 Å². The van der Waals surface area contributed by atoms with Gasteiger partial charge in [0.05, 0.1) is 5.92 Å². The molecule has 0 spiro atoms. The van der Waals surface area contributed by atoms with Gasteiger partial charge < -0.3 is 15.1 Å². The van der Waals surface area contributed by atoms with Crippen molar-refractivity contribution in [1.29, 1.82) is 0 Å². The van der Waals surface area contributed by atoms with Crippen molar-refractivity contribution < 1.29 is 14.4 Å². The van der Waals surface area contributed by atoms with Gasteiger partial charge in [-0.05, 0) is 68.0 Å². The van der Waals surface area contributed by atoms with Gasteiger partial charge in [-0.3, -0.25) is 19.4 Å². The molecule has 2 aromatic rings. The van der Waals surface area contributed by atoms with Gasteiger partial charge in [-0.2, -0.15) is 0 Å². The van der Waals surface area contributed by atoms with E-state index >= 15 is 0 Å². The van der Waals surface area contributed by atoms with Gasteiger partial charge in [-0.15, -0.1) is 0 Å². The van der Waals surface area contributed by atoms with Gasteiger partial charge in [0.25, 0.3) is 5.91 Å². The Balaban J connectivity index is 1.24. The number of aromatic nitrogens is 1. The molecule has 2 aliphatic rings. The van der Waals surface area contributed by atoms with E-state index in [0.29, 0.717) is 37.7 Å². The Morgan fingerprint density at radius 3 is 2.47 bits per heavy atom. The number of rotatable bonds is 5. The Kier molecular flexibility index (Phi) is 6.53. The van der Waals surface area contributed by atoms with Crippen LogP contribution in [-0.2, 0) is 9.59 Å². The molecule has 3 amide bonds. The zero-order chi connectivity index (χ0) is 22.7. The number of aryl methyl sites for hydroxylation is 2. The molecular weight excluding hydrogens is 404 g/mol. The molecule has 1 aromatic carbocycles. The van der Waals surface area contributed by atoms with Crippen LogP contribution in [0, 0.1) is 25.7 Å². The minimum absolute atomic E-state index is 0.00339. The molecule has 7 nitrogen and oxygen atoms in total. The first-order valence-electron chi connectivity index (χ1n) is 11.3. The maximum absolute atomic E-state index is 12.7. The number of amides is 3. The van der Waals surface area contributed by atoms with Crippen LogP contribution in [0.15, 0.2) is 42.7 Å². The zero-order valence-corrected chi connectivity index (χ0v) is 18.7. The molecule has 7 heteroatoms. The molecule has 4 rings (SSSR count). The van der Waals surface area contributed by atoms with Crippen LogP contribution in [0.4, 0.5) is 5.69 Å². The van der Waals surface area contributed by atoms with Gasteiger partial charge in [0.15, 0.2) is 0 Å². The van der Waals surface area contributed by atoms with Gasteiger partial charge in [-0.1, -0.05) is 6.07 Å². The summed E-state index contributed by atoms with van der Waals surface area (Å²) in [5, 5.41) is 3.05. The summed E-state index contributed by atoms with van der Waals surface area (Å²) in [6.07, 6.45) is 5.22. The van der Waals surface area contributed by atoms with Crippen LogP contribution in [0.2, 0.25) is 0 Å². The van der Waals surface area contributed by atoms with Crippen LogP contribution in [-0.4, -0.2) is 53.8 Å². The first kappa shape index (κ1) is 22.0. The predicted molar refractivity (Wildman–Crippen MR) is 122 cm³/mol. The number of hydrogen-bond acceptors (Lipinski definition) is 4. The molecule has 2 aliphatic heterocycles. The van der Waals surface area contributed by atoms with Crippen LogP contribution in [0.25, 0.3) is 0 Å². The average molecular weight is 435 g/mol. The number of likely N-dealkylation sites (tertiary alicyclic amines) is 1. The molecule has 1 N–H and O–H groups in total. The second-order valence-corrected chi connectivity index (χ2v) is 8.89. The van der Waals surface area contributed by atoms with E-state index in [4.69, 9.17) is 0 Å². The lowest BCUT2D eigenvalue weighted by Crippen LogP contribution is -2.42. The van der Waals surface area contributed by atoms with Crippen molar-refractivity contribution in [3.63, 3.8) is 0 Å². The maximum atomic E-state index is 12.7. The molecular formula is C25H30N4O3. The van der Waals surface area contributed by atoms with Gasteiger partial charge in [-0.25, -0.2) is 0 Å². The number of piperidine rings is 1. The third-order valence-electron chi connectivity index (χ3n) is 6.69. The SMILES string of the molecule is Cc1ccc(N2C[C@H](C(=O)NCC3CCN(C(=O)c4ccncc4)CC3)CC2=O)cc1C. The fourth-order valence-electron chi connectivity index (χ4n) is 4.43. The highest BCUT2D eigenvalue weighted by Crippen LogP contribution is 2.27. The number of carbonyl (C=O) groups excluding carboxylic acids is 3. The van der Waals surface area contributed by atoms with Gasteiger partial charge in [0.1, 0.15) is 0 Å². The van der Waals surface area contributed by atoms with Gasteiger partial charge >= 0.3 is 0 Å². The van der Waals surface area contributed by atoms with E-state index in [-0.39, 0.29) is 30.1 Å². The first-order chi connectivity index (χ1) is 15.4. The normalized spacial score (nSPS) is 19.3. The second-order valence-electron chi connectivity index (χ2n) is 8.89. The molecule has 0 bridgehead atoms. The molecule has 1 atom stereocenters. The van der Waals surface area contributed by atoms with Crippen LogP contribution >= 0.6 is 0 Å². The number of anilines is 1. The molecule has 2 saturated heterocycles. The quantitative estimate of drug-likeness (QED) is 0.785. The summed E-state index contributed by atoms with van der Waals surface area (Å²) in [6.45, 7) is 6.45. The highest BCUT2D eigenvalue weighted by molar-refractivity contribution is 6.00. The van der Waals surface area contributed by atoms with Crippen LogP contribution in [0.3, 0.4) is 0 Å². The minimum Gasteiger partial charge on any atom is -0.356 e. The smallest absolute Gasteiger partial charge is 0.253 e. The monoisotopic (exact) mass is 434 g/mol. The highest BCUT2D eigenvalue weighted by atomic mass is 16.2. The van der Waals surface area contributed by atoms with Crippen molar-refractivity contribution in [1.82, 2.24) is 15.2 Å². The summed E-state index contributed by atoms with van der Waals surface area (Å²) >= 11 is 0. The van der Waals surface area contributed by atoms with Crippen molar-refractivity contribution in [2.75, 3.05) is 31.1 Å². The molecule has 32 heavy (non-hydrogen) atoms. The summed E-state index contributed by atoms with van der Waals surface area (Å²) in [5.74, 6) is -0.00652. The predicted octanol–water partition coefficient (Wildman–Crippen LogP) is 2.72. The number of hydrogen-bond donors (Lipinski definition) is 1. The first-order valence-corrected chi connectivity index (χ1v) is 11.3. The molecule has 1 aromatic heterocycles. The topological polar surface area (TPSA) is 82.6 Å². The van der Waals surface area contributed by atoms with Crippen LogP contribution < -0.4 is 10.2 Å². The van der Waals surface area contributed by atoms with E-state index in [9.17, 15) is 14.4 Å². The van der Waals surface area contributed by atoms with Crippen molar-refractivity contribution in [3.05, 3.63) is 59.4 Å². The molecule has 3 heterocycles. The molecule has 0 radical (unpaired) electrons. The zero-order valence-electron chi connectivity index (χ0n) is 18.7. The van der Waals surface area contributed by atoms with Crippen LogP contribution in [0.5, 0.6) is 0 Å². The Labute approximate surface area is 188 Å². The highest BCUT2D eigenvalue weighted by Gasteiger charge is 2.35. The van der Waals surface area contributed by atoms with E-state index < -0.39 is 0 Å². The number of pyridine rings is 1. The Hall–Kier alpha value is -3.22. The van der Waals surface area contributed by atoms with Gasteiger partial charge in [0, 0.05) is 56.2 Å². The van der Waals surface area contributed by atoms with Crippen molar-refractivity contribution in [2.24, 2.45) is 11.8 Å². The lowest BCUT2D eigenvalue weighted by atomic mass is 9.96. The Morgan fingerprint density at radius 2 is 1.78 bits per heavy atom. The molecule has 168 valence electrons.